The third kappa shape index (κ3) is 10.9. The van der Waals surface area contributed by atoms with Crippen molar-refractivity contribution in [2.45, 2.75) is 117 Å². The van der Waals surface area contributed by atoms with Crippen molar-refractivity contribution in [2.24, 2.45) is 5.92 Å². The molecule has 2 aliphatic carbocycles. The number of aryl methyl sites for hydroxylation is 1. The zero-order valence-corrected chi connectivity index (χ0v) is 36.9. The molecule has 5 N–H and O–H groups in total. The summed E-state index contributed by atoms with van der Waals surface area (Å²) in [6.45, 7) is 8.26. The predicted octanol–water partition coefficient (Wildman–Crippen LogP) is 11.8. The maximum Gasteiger partial charge on any atom is 0.306 e. The number of benzene rings is 4. The first-order valence-corrected chi connectivity index (χ1v) is 22.7. The molecule has 6 aromatic rings. The van der Waals surface area contributed by atoms with Crippen LogP contribution in [0.15, 0.2) is 84.9 Å². The lowest BCUT2D eigenvalue weighted by Crippen LogP contribution is -2.15. The summed E-state index contributed by atoms with van der Waals surface area (Å²) in [4.78, 5) is 31.0. The maximum atomic E-state index is 11.9. The van der Waals surface area contributed by atoms with Gasteiger partial charge in [-0.2, -0.15) is 0 Å². The number of carboxylic acids is 1. The Labute approximate surface area is 366 Å². The number of aliphatic carboxylic acids is 1. The largest absolute Gasteiger partial charge is 0.481 e. The average Bonchev–Trinajstić information content (AvgIpc) is 4.13. The lowest BCUT2D eigenvalue weighted by atomic mass is 9.95. The summed E-state index contributed by atoms with van der Waals surface area (Å²) >= 11 is 0. The van der Waals surface area contributed by atoms with Gasteiger partial charge in [0.15, 0.2) is 0 Å². The minimum absolute atomic E-state index is 0.192. The number of esters is 1. The Hall–Kier alpha value is -5.58. The van der Waals surface area contributed by atoms with Crippen LogP contribution in [-0.4, -0.2) is 59.4 Å². The lowest BCUT2D eigenvalue weighted by Gasteiger charge is -2.16. The number of ether oxygens (including phenoxy) is 3. The first kappa shape index (κ1) is 44.5. The molecule has 0 radical (unpaired) electrons. The van der Waals surface area contributed by atoms with Gasteiger partial charge in [-0.25, -0.2) is 0 Å². The smallest absolute Gasteiger partial charge is 0.306 e. The molecule has 2 saturated carbocycles. The molecule has 8 rings (SSSR count). The van der Waals surface area contributed by atoms with E-state index in [1.54, 1.807) is 6.92 Å². The summed E-state index contributed by atoms with van der Waals surface area (Å²) in [6.07, 6.45) is 11.3. The molecule has 2 heterocycles. The van der Waals surface area contributed by atoms with Crippen LogP contribution in [-0.2, 0) is 49.9 Å². The molecule has 0 spiro atoms. The van der Waals surface area contributed by atoms with Gasteiger partial charge in [0.1, 0.15) is 0 Å². The van der Waals surface area contributed by atoms with Crippen LogP contribution in [0, 0.1) is 5.92 Å². The number of anilines is 2. The van der Waals surface area contributed by atoms with E-state index in [2.05, 4.69) is 69.1 Å². The Morgan fingerprint density at radius 1 is 0.694 bits per heavy atom. The SMILES string of the molecule is CCOCc1cc(NC2CCCC2)c2[nH]c(-c3ccccc3)c(CC(C)C(=O)O)c2c1.CCOCc1cc(NC2CCCC2)c2[nH]c(-c3ccccc3)c(CCC(=O)OC)c2c1. The fourth-order valence-electron chi connectivity index (χ4n) is 9.13. The van der Waals surface area contributed by atoms with Crippen molar-refractivity contribution in [3.05, 3.63) is 107 Å². The molecule has 1 atom stereocenters. The normalized spacial score (nSPS) is 14.8. The number of hydrogen-bond donors (Lipinski definition) is 5. The molecule has 0 aliphatic heterocycles. The number of carboxylic acid groups (broad SMARTS) is 1. The molecule has 328 valence electrons. The highest BCUT2D eigenvalue weighted by Crippen LogP contribution is 2.39. The highest BCUT2D eigenvalue weighted by Gasteiger charge is 2.24. The zero-order valence-electron chi connectivity index (χ0n) is 36.9. The monoisotopic (exact) mass is 840 g/mol. The lowest BCUT2D eigenvalue weighted by molar-refractivity contribution is -0.141. The van der Waals surface area contributed by atoms with Crippen molar-refractivity contribution in [1.82, 2.24) is 9.97 Å². The van der Waals surface area contributed by atoms with Gasteiger partial charge in [0.2, 0.25) is 0 Å². The molecule has 0 amide bonds. The number of aromatic nitrogens is 2. The predicted molar refractivity (Wildman–Crippen MR) is 251 cm³/mol. The van der Waals surface area contributed by atoms with Crippen molar-refractivity contribution in [3.63, 3.8) is 0 Å². The van der Waals surface area contributed by atoms with Crippen LogP contribution in [0.2, 0.25) is 0 Å². The van der Waals surface area contributed by atoms with Crippen molar-refractivity contribution in [3.8, 4) is 22.5 Å². The van der Waals surface area contributed by atoms with Gasteiger partial charge < -0.3 is 39.9 Å². The Morgan fingerprint density at radius 2 is 1.15 bits per heavy atom. The van der Waals surface area contributed by atoms with Gasteiger partial charge in [-0.15, -0.1) is 0 Å². The molecule has 4 aromatic carbocycles. The van der Waals surface area contributed by atoms with Gasteiger partial charge in [-0.05, 0) is 110 Å². The van der Waals surface area contributed by atoms with E-state index in [0.29, 0.717) is 57.8 Å². The third-order valence-corrected chi connectivity index (χ3v) is 12.4. The number of rotatable bonds is 18. The highest BCUT2D eigenvalue weighted by atomic mass is 16.5. The first-order chi connectivity index (χ1) is 30.3. The van der Waals surface area contributed by atoms with E-state index in [1.165, 1.54) is 58.5 Å². The molecule has 62 heavy (non-hydrogen) atoms. The molecule has 0 saturated heterocycles. The standard InChI is InChI=1S/2C26H32N2O3/c1-3-31-16-18-14-22-21(13-17(2)26(29)30)24(19-9-5-4-6-10-19)28-25(22)23(15-18)27-20-11-7-8-12-20;1-3-31-17-18-15-22-21(13-14-24(29)30-2)25(19-9-5-4-6-10-19)28-26(22)23(16-18)27-20-11-7-8-12-20/h4-6,9-10,14-15,17,20,27-28H,3,7-8,11-13,16H2,1-2H3,(H,29,30);4-6,9-10,15-16,20,27-28H,3,7-8,11-14,17H2,1-2H3. The molecule has 2 aromatic heterocycles. The second kappa shape index (κ2) is 21.5. The summed E-state index contributed by atoms with van der Waals surface area (Å²) in [7, 11) is 1.44. The maximum absolute atomic E-state index is 11.9. The summed E-state index contributed by atoms with van der Waals surface area (Å²) < 4.78 is 16.4. The van der Waals surface area contributed by atoms with E-state index < -0.39 is 11.9 Å². The Morgan fingerprint density at radius 3 is 1.58 bits per heavy atom. The van der Waals surface area contributed by atoms with Crippen LogP contribution in [0.4, 0.5) is 11.4 Å². The third-order valence-electron chi connectivity index (χ3n) is 12.4. The van der Waals surface area contributed by atoms with E-state index in [9.17, 15) is 14.7 Å². The van der Waals surface area contributed by atoms with Gasteiger partial charge in [-0.3, -0.25) is 9.59 Å². The van der Waals surface area contributed by atoms with Crippen molar-refractivity contribution >= 4 is 45.1 Å². The fraction of sp³-hybridized carbons (Fsp3) is 0.423. The number of carbonyl (C=O) groups excluding carboxylic acids is 1. The number of methoxy groups -OCH3 is 1. The molecule has 10 nitrogen and oxygen atoms in total. The molecule has 10 heteroatoms. The second-order valence-corrected chi connectivity index (χ2v) is 16.9. The summed E-state index contributed by atoms with van der Waals surface area (Å²) in [5, 5.41) is 19.4. The van der Waals surface area contributed by atoms with Gasteiger partial charge in [0.05, 0.1) is 48.6 Å². The molecule has 2 fully saturated rings. The summed E-state index contributed by atoms with van der Waals surface area (Å²) in [5.41, 5.74) is 13.1. The van der Waals surface area contributed by atoms with Gasteiger partial charge in [0.25, 0.3) is 0 Å². The van der Waals surface area contributed by atoms with Crippen LogP contribution >= 0.6 is 0 Å². The second-order valence-electron chi connectivity index (χ2n) is 16.9. The van der Waals surface area contributed by atoms with Crippen molar-refractivity contribution in [2.75, 3.05) is 31.0 Å². The van der Waals surface area contributed by atoms with Crippen LogP contribution in [0.3, 0.4) is 0 Å². The van der Waals surface area contributed by atoms with Crippen LogP contribution < -0.4 is 10.6 Å². The van der Waals surface area contributed by atoms with Crippen molar-refractivity contribution in [1.29, 1.82) is 0 Å². The minimum Gasteiger partial charge on any atom is -0.481 e. The quantitative estimate of drug-likeness (QED) is 0.0540. The number of fused-ring (bicyclic) bond motifs is 2. The number of aromatic amines is 2. The van der Waals surface area contributed by atoms with Crippen molar-refractivity contribution < 1.29 is 28.9 Å². The van der Waals surface area contributed by atoms with E-state index >= 15 is 0 Å². The molecular weight excluding hydrogens is 777 g/mol. The van der Waals surface area contributed by atoms with Crippen LogP contribution in [0.1, 0.15) is 101 Å². The number of hydrogen-bond acceptors (Lipinski definition) is 7. The average molecular weight is 841 g/mol. The number of nitrogens with one attached hydrogen (secondary N) is 4. The van der Waals surface area contributed by atoms with Crippen LogP contribution in [0.5, 0.6) is 0 Å². The van der Waals surface area contributed by atoms with E-state index in [0.717, 1.165) is 77.9 Å². The first-order valence-electron chi connectivity index (χ1n) is 22.7. The van der Waals surface area contributed by atoms with Gasteiger partial charge >= 0.3 is 11.9 Å². The molecule has 1 unspecified atom stereocenters. The molecule has 0 bridgehead atoms. The summed E-state index contributed by atoms with van der Waals surface area (Å²) in [6, 6.07) is 30.3. The Kier molecular flexibility index (Phi) is 15.4. The Bertz CT molecular complexity index is 2390. The van der Waals surface area contributed by atoms with Crippen LogP contribution in [0.25, 0.3) is 44.3 Å². The van der Waals surface area contributed by atoms with E-state index in [-0.39, 0.29) is 5.97 Å². The fourth-order valence-corrected chi connectivity index (χ4v) is 9.13. The van der Waals surface area contributed by atoms with Gasteiger partial charge in [-0.1, -0.05) is 93.3 Å². The topological polar surface area (TPSA) is 138 Å². The number of carbonyl (C=O) groups is 2. The summed E-state index contributed by atoms with van der Waals surface area (Å²) in [5.74, 6) is -1.44. The highest BCUT2D eigenvalue weighted by molar-refractivity contribution is 6.00. The zero-order chi connectivity index (χ0) is 43.4. The van der Waals surface area contributed by atoms with E-state index in [4.69, 9.17) is 14.2 Å². The Balaban J connectivity index is 0.000000186. The molecule has 2 aliphatic rings. The van der Waals surface area contributed by atoms with E-state index in [1.807, 2.05) is 50.2 Å². The molecular formula is C52H64N4O6. The minimum atomic E-state index is -0.775. The number of H-pyrrole nitrogens is 2. The van der Waals surface area contributed by atoms with Gasteiger partial charge in [0, 0.05) is 53.9 Å².